The first-order chi connectivity index (χ1) is 7.56. The van der Waals surface area contributed by atoms with Crippen LogP contribution in [0.5, 0.6) is 0 Å². The molecule has 1 atom stereocenters. The lowest BCUT2D eigenvalue weighted by atomic mass is 9.91. The van der Waals surface area contributed by atoms with Gasteiger partial charge in [-0.25, -0.2) is 0 Å². The molecule has 0 bridgehead atoms. The second-order valence-electron chi connectivity index (χ2n) is 4.36. The highest BCUT2D eigenvalue weighted by molar-refractivity contribution is 5.81. The zero-order chi connectivity index (χ0) is 12.1. The molecule has 0 aliphatic heterocycles. The van der Waals surface area contributed by atoms with Crippen molar-refractivity contribution in [2.45, 2.75) is 32.1 Å². The maximum atomic E-state index is 11.3. The molecule has 1 aromatic rings. The number of amides is 1. The van der Waals surface area contributed by atoms with E-state index in [0.29, 0.717) is 18.9 Å². The monoisotopic (exact) mass is 220 g/mol. The Hall–Kier alpha value is -1.35. The maximum Gasteiger partial charge on any atom is 0.225 e. The van der Waals surface area contributed by atoms with Gasteiger partial charge in [0.25, 0.3) is 0 Å². The zero-order valence-corrected chi connectivity index (χ0v) is 9.94. The Morgan fingerprint density at radius 3 is 2.44 bits per heavy atom. The van der Waals surface area contributed by atoms with E-state index in [4.69, 9.17) is 11.5 Å². The lowest BCUT2D eigenvalue weighted by Gasteiger charge is -2.15. The van der Waals surface area contributed by atoms with Crippen LogP contribution in [0.4, 0.5) is 0 Å². The molecule has 1 aromatic carbocycles. The summed E-state index contributed by atoms with van der Waals surface area (Å²) in [7, 11) is 0. The van der Waals surface area contributed by atoms with Crippen LogP contribution >= 0.6 is 0 Å². The fourth-order valence-corrected chi connectivity index (χ4v) is 1.77. The minimum absolute atomic E-state index is 0.260. The van der Waals surface area contributed by atoms with Crippen LogP contribution in [0.15, 0.2) is 24.3 Å². The van der Waals surface area contributed by atoms with Gasteiger partial charge in [0.15, 0.2) is 0 Å². The average molecular weight is 220 g/mol. The third-order valence-electron chi connectivity index (χ3n) is 2.78. The van der Waals surface area contributed by atoms with Gasteiger partial charge in [0, 0.05) is 0 Å². The second kappa shape index (κ2) is 5.66. The highest BCUT2D eigenvalue weighted by atomic mass is 16.1. The van der Waals surface area contributed by atoms with Crippen LogP contribution in [0.2, 0.25) is 0 Å². The van der Waals surface area contributed by atoms with E-state index in [1.807, 2.05) is 12.1 Å². The Labute approximate surface area is 96.8 Å². The smallest absolute Gasteiger partial charge is 0.225 e. The molecule has 0 heterocycles. The summed E-state index contributed by atoms with van der Waals surface area (Å²) in [4.78, 5) is 11.3. The summed E-state index contributed by atoms with van der Waals surface area (Å²) in [5, 5.41) is 0. The van der Waals surface area contributed by atoms with E-state index in [1.165, 1.54) is 5.56 Å². The van der Waals surface area contributed by atoms with Crippen molar-refractivity contribution in [3.8, 4) is 0 Å². The van der Waals surface area contributed by atoms with E-state index in [1.54, 1.807) is 0 Å². The molecule has 1 unspecified atom stereocenters. The van der Waals surface area contributed by atoms with Crippen LogP contribution < -0.4 is 11.5 Å². The molecule has 0 aliphatic carbocycles. The van der Waals surface area contributed by atoms with Crippen molar-refractivity contribution in [2.75, 3.05) is 6.54 Å². The van der Waals surface area contributed by atoms with Gasteiger partial charge in [-0.2, -0.15) is 0 Å². The van der Waals surface area contributed by atoms with Crippen molar-refractivity contribution in [1.82, 2.24) is 0 Å². The van der Waals surface area contributed by atoms with Crippen LogP contribution in [0.1, 0.15) is 43.2 Å². The molecule has 0 spiro atoms. The summed E-state index contributed by atoms with van der Waals surface area (Å²) in [6.07, 6.45) is 0.608. The van der Waals surface area contributed by atoms with E-state index >= 15 is 0 Å². The molecule has 0 saturated carbocycles. The van der Waals surface area contributed by atoms with E-state index in [2.05, 4.69) is 26.0 Å². The molecule has 1 rings (SSSR count). The summed E-state index contributed by atoms with van der Waals surface area (Å²) in [6, 6.07) is 8.03. The lowest BCUT2D eigenvalue weighted by Crippen LogP contribution is -2.23. The molecule has 0 saturated heterocycles. The maximum absolute atomic E-state index is 11.3. The molecule has 88 valence electrons. The van der Waals surface area contributed by atoms with Gasteiger partial charge in [-0.05, 0) is 30.0 Å². The van der Waals surface area contributed by atoms with Crippen LogP contribution in [-0.4, -0.2) is 12.5 Å². The zero-order valence-electron chi connectivity index (χ0n) is 9.94. The number of rotatable bonds is 5. The van der Waals surface area contributed by atoms with Crippen molar-refractivity contribution in [3.05, 3.63) is 35.4 Å². The molecule has 3 heteroatoms. The third-order valence-corrected chi connectivity index (χ3v) is 2.78. The summed E-state index contributed by atoms with van der Waals surface area (Å²) in [5.74, 6) is -0.110. The summed E-state index contributed by atoms with van der Waals surface area (Å²) >= 11 is 0. The Balaban J connectivity index is 3.00. The topological polar surface area (TPSA) is 69.1 Å². The Morgan fingerprint density at radius 2 is 1.94 bits per heavy atom. The van der Waals surface area contributed by atoms with Gasteiger partial charge in [0.1, 0.15) is 0 Å². The Morgan fingerprint density at radius 1 is 1.31 bits per heavy atom. The van der Waals surface area contributed by atoms with Gasteiger partial charge in [-0.3, -0.25) is 4.79 Å². The number of primary amides is 1. The SMILES string of the molecule is CC(C)c1cccc(C(CCN)C(N)=O)c1. The number of hydrogen-bond acceptors (Lipinski definition) is 2. The number of carbonyl (C=O) groups is 1. The van der Waals surface area contributed by atoms with Crippen LogP contribution in [0.3, 0.4) is 0 Å². The van der Waals surface area contributed by atoms with Crippen LogP contribution in [0, 0.1) is 0 Å². The van der Waals surface area contributed by atoms with Crippen molar-refractivity contribution in [1.29, 1.82) is 0 Å². The predicted molar refractivity (Wildman–Crippen MR) is 66.1 cm³/mol. The number of hydrogen-bond donors (Lipinski definition) is 2. The van der Waals surface area contributed by atoms with Gasteiger partial charge in [-0.1, -0.05) is 38.1 Å². The third kappa shape index (κ3) is 3.07. The normalized spacial score (nSPS) is 12.8. The van der Waals surface area contributed by atoms with Gasteiger partial charge in [-0.15, -0.1) is 0 Å². The van der Waals surface area contributed by atoms with Gasteiger partial charge in [0.2, 0.25) is 5.91 Å². The molecule has 4 N–H and O–H groups in total. The highest BCUT2D eigenvalue weighted by Crippen LogP contribution is 2.23. The first kappa shape index (κ1) is 12.7. The molecule has 16 heavy (non-hydrogen) atoms. The molecule has 0 aromatic heterocycles. The summed E-state index contributed by atoms with van der Waals surface area (Å²) in [5.41, 5.74) is 13.1. The van der Waals surface area contributed by atoms with Crippen molar-refractivity contribution in [2.24, 2.45) is 11.5 Å². The first-order valence-electron chi connectivity index (χ1n) is 5.65. The largest absolute Gasteiger partial charge is 0.369 e. The highest BCUT2D eigenvalue weighted by Gasteiger charge is 2.17. The number of carbonyl (C=O) groups excluding carboxylic acids is 1. The van der Waals surface area contributed by atoms with E-state index < -0.39 is 0 Å². The van der Waals surface area contributed by atoms with Crippen molar-refractivity contribution in [3.63, 3.8) is 0 Å². The minimum atomic E-state index is -0.300. The molecular formula is C13H20N2O. The Bertz CT molecular complexity index is 361. The van der Waals surface area contributed by atoms with Crippen LogP contribution in [0.25, 0.3) is 0 Å². The first-order valence-corrected chi connectivity index (χ1v) is 5.65. The number of benzene rings is 1. The predicted octanol–water partition coefficient (Wildman–Crippen LogP) is 1.73. The fraction of sp³-hybridized carbons (Fsp3) is 0.462. The average Bonchev–Trinajstić information content (AvgIpc) is 2.25. The Kier molecular flexibility index (Phi) is 4.50. The van der Waals surface area contributed by atoms with Gasteiger partial charge in [0.05, 0.1) is 5.92 Å². The fourth-order valence-electron chi connectivity index (χ4n) is 1.77. The molecule has 0 radical (unpaired) electrons. The minimum Gasteiger partial charge on any atom is -0.369 e. The molecule has 1 amide bonds. The van der Waals surface area contributed by atoms with E-state index in [-0.39, 0.29) is 11.8 Å². The van der Waals surface area contributed by atoms with Crippen molar-refractivity contribution < 1.29 is 4.79 Å². The van der Waals surface area contributed by atoms with E-state index in [0.717, 1.165) is 5.56 Å². The summed E-state index contributed by atoms with van der Waals surface area (Å²) < 4.78 is 0. The lowest BCUT2D eigenvalue weighted by molar-refractivity contribution is -0.119. The van der Waals surface area contributed by atoms with Crippen molar-refractivity contribution >= 4 is 5.91 Å². The van der Waals surface area contributed by atoms with Gasteiger partial charge < -0.3 is 11.5 Å². The molecular weight excluding hydrogens is 200 g/mol. The van der Waals surface area contributed by atoms with Gasteiger partial charge >= 0.3 is 0 Å². The van der Waals surface area contributed by atoms with Crippen LogP contribution in [-0.2, 0) is 4.79 Å². The standard InChI is InChI=1S/C13H20N2O/c1-9(2)10-4-3-5-11(8-10)12(6-7-14)13(15)16/h3-5,8-9,12H,6-7,14H2,1-2H3,(H2,15,16). The molecule has 3 nitrogen and oxygen atoms in total. The quantitative estimate of drug-likeness (QED) is 0.793. The molecule has 0 fully saturated rings. The van der Waals surface area contributed by atoms with E-state index in [9.17, 15) is 4.79 Å². The molecule has 0 aliphatic rings. The number of nitrogens with two attached hydrogens (primary N) is 2. The summed E-state index contributed by atoms with van der Waals surface area (Å²) in [6.45, 7) is 4.72. The second-order valence-corrected chi connectivity index (χ2v) is 4.36.